The van der Waals surface area contributed by atoms with Crippen molar-refractivity contribution in [1.29, 1.82) is 0 Å². The third-order valence-electron chi connectivity index (χ3n) is 4.46. The third kappa shape index (κ3) is 2.75. The summed E-state index contributed by atoms with van der Waals surface area (Å²) in [5.74, 6) is -0.413. The number of rotatable bonds is 3. The van der Waals surface area contributed by atoms with E-state index in [0.29, 0.717) is 38.5 Å². The van der Waals surface area contributed by atoms with Gasteiger partial charge in [0.2, 0.25) is 0 Å². The topological polar surface area (TPSA) is 56.5 Å². The van der Waals surface area contributed by atoms with Crippen LogP contribution in [0.5, 0.6) is 0 Å². The molecule has 1 saturated carbocycles. The molecule has 5 nitrogen and oxygen atoms in total. The van der Waals surface area contributed by atoms with Crippen molar-refractivity contribution in [3.63, 3.8) is 0 Å². The fourth-order valence-corrected chi connectivity index (χ4v) is 3.16. The first-order chi connectivity index (χ1) is 9.50. The predicted octanol–water partition coefficient (Wildman–Crippen LogP) is 2.05. The largest absolute Gasteiger partial charge is 0.389 e. The zero-order valence-electron chi connectivity index (χ0n) is 12.3. The Morgan fingerprint density at radius 3 is 2.45 bits per heavy atom. The van der Waals surface area contributed by atoms with Gasteiger partial charge in [-0.05, 0) is 32.8 Å². The molecule has 1 aromatic rings. The van der Waals surface area contributed by atoms with Crippen LogP contribution in [-0.2, 0) is 15.9 Å². The molecular weight excluding hydrogens is 256 g/mol. The Labute approximate surface area is 119 Å². The van der Waals surface area contributed by atoms with E-state index in [2.05, 4.69) is 18.9 Å². The quantitative estimate of drug-likeness (QED) is 0.920. The van der Waals surface area contributed by atoms with Crippen molar-refractivity contribution >= 4 is 0 Å². The first kappa shape index (κ1) is 14.0. The van der Waals surface area contributed by atoms with E-state index in [-0.39, 0.29) is 0 Å². The molecule has 2 fully saturated rings. The second-order valence-corrected chi connectivity index (χ2v) is 6.39. The lowest BCUT2D eigenvalue weighted by Crippen LogP contribution is -2.44. The molecule has 112 valence electrons. The maximum absolute atomic E-state index is 10.8. The average Bonchev–Trinajstić information content (AvgIpc) is 3.04. The standard InChI is InChI=1S/C15H24N2O3/c1-12(2)17-8-3-13(16-17)11-14(18)4-6-15(7-5-14)19-9-10-20-15/h3,8,12,18H,4-7,9-11H2,1-2H3. The molecule has 0 atom stereocenters. The van der Waals surface area contributed by atoms with E-state index >= 15 is 0 Å². The number of hydrogen-bond acceptors (Lipinski definition) is 4. The van der Waals surface area contributed by atoms with Gasteiger partial charge >= 0.3 is 0 Å². The molecule has 0 amide bonds. The minimum Gasteiger partial charge on any atom is -0.389 e. The van der Waals surface area contributed by atoms with Crippen molar-refractivity contribution < 1.29 is 14.6 Å². The molecule has 0 aromatic carbocycles. The van der Waals surface area contributed by atoms with Crippen LogP contribution in [0.2, 0.25) is 0 Å². The first-order valence-electron chi connectivity index (χ1n) is 7.55. The summed E-state index contributed by atoms with van der Waals surface area (Å²) in [5.41, 5.74) is 0.293. The van der Waals surface area contributed by atoms with Crippen molar-refractivity contribution in [2.45, 2.75) is 63.4 Å². The van der Waals surface area contributed by atoms with Gasteiger partial charge in [-0.15, -0.1) is 0 Å². The zero-order valence-corrected chi connectivity index (χ0v) is 12.3. The van der Waals surface area contributed by atoms with Crippen LogP contribution in [0, 0.1) is 0 Å². The number of nitrogens with zero attached hydrogens (tertiary/aromatic N) is 2. The van der Waals surface area contributed by atoms with Crippen molar-refractivity contribution in [3.05, 3.63) is 18.0 Å². The lowest BCUT2D eigenvalue weighted by Gasteiger charge is -2.40. The molecule has 1 aliphatic carbocycles. The van der Waals surface area contributed by atoms with E-state index < -0.39 is 11.4 Å². The molecule has 1 saturated heterocycles. The number of ether oxygens (including phenoxy) is 2. The summed E-state index contributed by atoms with van der Waals surface area (Å²) in [6, 6.07) is 2.36. The fraction of sp³-hybridized carbons (Fsp3) is 0.800. The van der Waals surface area contributed by atoms with Gasteiger partial charge in [-0.25, -0.2) is 0 Å². The van der Waals surface area contributed by atoms with E-state index in [1.54, 1.807) is 0 Å². The second-order valence-electron chi connectivity index (χ2n) is 6.39. The Balaban J connectivity index is 1.62. The van der Waals surface area contributed by atoms with Crippen LogP contribution in [-0.4, -0.2) is 39.5 Å². The van der Waals surface area contributed by atoms with Gasteiger partial charge in [0.1, 0.15) is 0 Å². The summed E-state index contributed by atoms with van der Waals surface area (Å²) in [4.78, 5) is 0. The monoisotopic (exact) mass is 280 g/mol. The van der Waals surface area contributed by atoms with Crippen molar-refractivity contribution in [2.24, 2.45) is 0 Å². The third-order valence-corrected chi connectivity index (χ3v) is 4.46. The van der Waals surface area contributed by atoms with E-state index in [1.165, 1.54) is 0 Å². The number of hydrogen-bond donors (Lipinski definition) is 1. The molecule has 1 aromatic heterocycles. The van der Waals surface area contributed by atoms with Gasteiger partial charge < -0.3 is 14.6 Å². The molecule has 3 rings (SSSR count). The van der Waals surface area contributed by atoms with Gasteiger partial charge in [-0.2, -0.15) is 5.10 Å². The Morgan fingerprint density at radius 2 is 1.90 bits per heavy atom. The van der Waals surface area contributed by atoms with E-state index in [9.17, 15) is 5.11 Å². The summed E-state index contributed by atoms with van der Waals surface area (Å²) < 4.78 is 13.4. The summed E-state index contributed by atoms with van der Waals surface area (Å²) >= 11 is 0. The molecule has 0 bridgehead atoms. The van der Waals surface area contributed by atoms with Crippen LogP contribution in [0.15, 0.2) is 12.3 Å². The minimum absolute atomic E-state index is 0.355. The minimum atomic E-state index is -0.670. The van der Waals surface area contributed by atoms with E-state index in [4.69, 9.17) is 9.47 Å². The maximum Gasteiger partial charge on any atom is 0.168 e. The molecule has 1 spiro atoms. The van der Waals surface area contributed by atoms with Gasteiger partial charge in [-0.3, -0.25) is 4.68 Å². The van der Waals surface area contributed by atoms with Crippen LogP contribution in [0.4, 0.5) is 0 Å². The Bertz CT molecular complexity index is 453. The smallest absolute Gasteiger partial charge is 0.168 e. The molecule has 2 aliphatic rings. The van der Waals surface area contributed by atoms with Gasteiger partial charge in [0, 0.05) is 31.5 Å². The normalized spacial score (nSPS) is 24.6. The van der Waals surface area contributed by atoms with E-state index in [0.717, 1.165) is 18.5 Å². The highest BCUT2D eigenvalue weighted by atomic mass is 16.7. The average molecular weight is 280 g/mol. The number of aliphatic hydroxyl groups is 1. The van der Waals surface area contributed by atoms with Crippen LogP contribution < -0.4 is 0 Å². The molecule has 0 radical (unpaired) electrons. The molecule has 5 heteroatoms. The SMILES string of the molecule is CC(C)n1ccc(CC2(O)CCC3(CC2)OCCO3)n1. The second kappa shape index (κ2) is 5.13. The van der Waals surface area contributed by atoms with Crippen molar-refractivity contribution in [2.75, 3.05) is 13.2 Å². The van der Waals surface area contributed by atoms with E-state index in [1.807, 2.05) is 16.9 Å². The first-order valence-corrected chi connectivity index (χ1v) is 7.55. The van der Waals surface area contributed by atoms with Gasteiger partial charge in [0.05, 0.1) is 24.5 Å². The van der Waals surface area contributed by atoms with Gasteiger partial charge in [-0.1, -0.05) is 0 Å². The van der Waals surface area contributed by atoms with Crippen LogP contribution in [0.1, 0.15) is 51.3 Å². The van der Waals surface area contributed by atoms with Crippen molar-refractivity contribution in [3.8, 4) is 0 Å². The molecule has 1 aliphatic heterocycles. The lowest BCUT2D eigenvalue weighted by molar-refractivity contribution is -0.202. The fourth-order valence-electron chi connectivity index (χ4n) is 3.16. The summed E-state index contributed by atoms with van der Waals surface area (Å²) in [6.07, 6.45) is 5.56. The Hall–Kier alpha value is -0.910. The Morgan fingerprint density at radius 1 is 1.25 bits per heavy atom. The summed E-state index contributed by atoms with van der Waals surface area (Å²) in [6.45, 7) is 5.56. The van der Waals surface area contributed by atoms with Crippen molar-refractivity contribution in [1.82, 2.24) is 9.78 Å². The molecule has 0 unspecified atom stereocenters. The molecule has 20 heavy (non-hydrogen) atoms. The zero-order chi connectivity index (χ0) is 14.2. The summed E-state index contributed by atoms with van der Waals surface area (Å²) in [5, 5.41) is 15.3. The van der Waals surface area contributed by atoms with Gasteiger partial charge in [0.15, 0.2) is 5.79 Å². The van der Waals surface area contributed by atoms with Crippen LogP contribution >= 0.6 is 0 Å². The highest BCUT2D eigenvalue weighted by Gasteiger charge is 2.45. The van der Waals surface area contributed by atoms with Crippen LogP contribution in [0.25, 0.3) is 0 Å². The lowest BCUT2D eigenvalue weighted by atomic mass is 9.79. The number of aromatic nitrogens is 2. The summed E-state index contributed by atoms with van der Waals surface area (Å²) in [7, 11) is 0. The molecule has 2 heterocycles. The molecular formula is C15H24N2O3. The molecule has 1 N–H and O–H groups in total. The highest BCUT2D eigenvalue weighted by molar-refractivity contribution is 5.06. The Kier molecular flexibility index (Phi) is 3.60. The van der Waals surface area contributed by atoms with Crippen LogP contribution in [0.3, 0.4) is 0 Å². The van der Waals surface area contributed by atoms with Gasteiger partial charge in [0.25, 0.3) is 0 Å². The predicted molar refractivity (Wildman–Crippen MR) is 74.4 cm³/mol. The maximum atomic E-state index is 10.8. The highest BCUT2D eigenvalue weighted by Crippen LogP contribution is 2.41.